The lowest BCUT2D eigenvalue weighted by atomic mass is 10.1. The molecule has 1 aliphatic carbocycles. The van der Waals surface area contributed by atoms with Crippen molar-refractivity contribution in [3.8, 4) is 0 Å². The summed E-state index contributed by atoms with van der Waals surface area (Å²) in [6, 6.07) is 11.9. The van der Waals surface area contributed by atoms with Crippen LogP contribution in [0.15, 0.2) is 85.6 Å². The zero-order chi connectivity index (χ0) is 20.4. The standard InChI is InChI=1S/C22H19NO6/c1-23(16-13-21(24)28-17-7-4-3-6-15(16)17)14-9-10-18(26-2)20(12-14)29-22(25)19-8-5-11-27-19/h3-8,11-13H,9-10H2,1-2H3. The number of hydrogen-bond donors (Lipinski definition) is 0. The average Bonchev–Trinajstić information content (AvgIpc) is 3.27. The second-order valence-electron chi connectivity index (χ2n) is 6.50. The molecule has 0 aliphatic heterocycles. The van der Waals surface area contributed by atoms with Gasteiger partial charge in [0, 0.05) is 36.7 Å². The molecule has 7 nitrogen and oxygen atoms in total. The van der Waals surface area contributed by atoms with E-state index >= 15 is 0 Å². The lowest BCUT2D eigenvalue weighted by Gasteiger charge is -2.27. The third kappa shape index (κ3) is 3.67. The summed E-state index contributed by atoms with van der Waals surface area (Å²) in [6.45, 7) is 0. The number of carbonyl (C=O) groups excluding carboxylic acids is 1. The number of methoxy groups -OCH3 is 1. The Morgan fingerprint density at radius 1 is 1.14 bits per heavy atom. The Labute approximate surface area is 166 Å². The Hall–Kier alpha value is -3.74. The maximum absolute atomic E-state index is 12.3. The number of fused-ring (bicyclic) bond motifs is 1. The molecule has 0 saturated carbocycles. The van der Waals surface area contributed by atoms with E-state index in [1.165, 1.54) is 25.5 Å². The van der Waals surface area contributed by atoms with Crippen LogP contribution in [0.5, 0.6) is 0 Å². The maximum Gasteiger partial charge on any atom is 0.379 e. The highest BCUT2D eigenvalue weighted by atomic mass is 16.6. The van der Waals surface area contributed by atoms with Crippen LogP contribution in [0.2, 0.25) is 0 Å². The number of anilines is 1. The number of rotatable bonds is 5. The normalized spacial score (nSPS) is 13.9. The van der Waals surface area contributed by atoms with E-state index in [4.69, 9.17) is 18.3 Å². The van der Waals surface area contributed by atoms with Crippen molar-refractivity contribution in [1.82, 2.24) is 0 Å². The third-order valence-corrected chi connectivity index (χ3v) is 4.77. The third-order valence-electron chi connectivity index (χ3n) is 4.77. The van der Waals surface area contributed by atoms with Gasteiger partial charge in [0.05, 0.1) is 19.1 Å². The second-order valence-corrected chi connectivity index (χ2v) is 6.50. The van der Waals surface area contributed by atoms with Gasteiger partial charge in [-0.3, -0.25) is 0 Å². The van der Waals surface area contributed by atoms with Gasteiger partial charge in [-0.25, -0.2) is 9.59 Å². The Morgan fingerprint density at radius 2 is 1.97 bits per heavy atom. The van der Waals surface area contributed by atoms with E-state index < -0.39 is 11.6 Å². The molecule has 0 radical (unpaired) electrons. The van der Waals surface area contributed by atoms with Crippen molar-refractivity contribution >= 4 is 22.6 Å². The van der Waals surface area contributed by atoms with Crippen LogP contribution < -0.4 is 10.5 Å². The van der Waals surface area contributed by atoms with E-state index in [0.717, 1.165) is 11.1 Å². The number of ether oxygens (including phenoxy) is 2. The maximum atomic E-state index is 12.3. The molecule has 29 heavy (non-hydrogen) atoms. The highest BCUT2D eigenvalue weighted by molar-refractivity contribution is 5.91. The molecule has 0 atom stereocenters. The second kappa shape index (κ2) is 7.71. The van der Waals surface area contributed by atoms with Gasteiger partial charge in [0.2, 0.25) is 5.76 Å². The van der Waals surface area contributed by atoms with Gasteiger partial charge >= 0.3 is 11.6 Å². The van der Waals surface area contributed by atoms with Crippen LogP contribution in [0.25, 0.3) is 11.0 Å². The summed E-state index contributed by atoms with van der Waals surface area (Å²) < 4.78 is 21.3. The summed E-state index contributed by atoms with van der Waals surface area (Å²) >= 11 is 0. The fourth-order valence-corrected chi connectivity index (χ4v) is 3.29. The highest BCUT2D eigenvalue weighted by Crippen LogP contribution is 2.32. The van der Waals surface area contributed by atoms with Gasteiger partial charge in [0.15, 0.2) is 5.76 Å². The quantitative estimate of drug-likeness (QED) is 0.474. The minimum Gasteiger partial charge on any atom is -0.497 e. The molecular weight excluding hydrogens is 374 g/mol. The lowest BCUT2D eigenvalue weighted by molar-refractivity contribution is 0.0577. The van der Waals surface area contributed by atoms with Crippen LogP contribution in [-0.2, 0) is 9.47 Å². The van der Waals surface area contributed by atoms with E-state index in [0.29, 0.717) is 35.6 Å². The molecule has 1 aliphatic rings. The van der Waals surface area contributed by atoms with Crippen LogP contribution >= 0.6 is 0 Å². The van der Waals surface area contributed by atoms with Crippen LogP contribution in [0, 0.1) is 0 Å². The summed E-state index contributed by atoms with van der Waals surface area (Å²) in [5.74, 6) is 0.382. The Morgan fingerprint density at radius 3 is 2.72 bits per heavy atom. The number of esters is 1. The first-order valence-corrected chi connectivity index (χ1v) is 9.07. The van der Waals surface area contributed by atoms with E-state index in [9.17, 15) is 9.59 Å². The SMILES string of the molecule is COC1=C(OC(=O)c2ccco2)C=C(N(C)c2cc(=O)oc3ccccc23)CC1. The number of para-hydroxylation sites is 1. The smallest absolute Gasteiger partial charge is 0.379 e. The molecule has 0 bridgehead atoms. The Balaban J connectivity index is 1.70. The minimum absolute atomic E-state index is 0.105. The van der Waals surface area contributed by atoms with Gasteiger partial charge in [-0.05, 0) is 30.7 Å². The Bertz CT molecular complexity index is 1170. The van der Waals surface area contributed by atoms with Gasteiger partial charge in [-0.1, -0.05) is 12.1 Å². The molecule has 0 N–H and O–H groups in total. The topological polar surface area (TPSA) is 82.1 Å². The predicted molar refractivity (Wildman–Crippen MR) is 106 cm³/mol. The summed E-state index contributed by atoms with van der Waals surface area (Å²) in [7, 11) is 3.39. The van der Waals surface area contributed by atoms with Crippen molar-refractivity contribution in [3.63, 3.8) is 0 Å². The summed E-state index contributed by atoms with van der Waals surface area (Å²) in [4.78, 5) is 26.2. The number of nitrogens with zero attached hydrogens (tertiary/aromatic N) is 1. The number of carbonyl (C=O) groups is 1. The molecule has 148 valence electrons. The average molecular weight is 393 g/mol. The van der Waals surface area contributed by atoms with Crippen molar-refractivity contribution in [1.29, 1.82) is 0 Å². The van der Waals surface area contributed by atoms with Crippen LogP contribution in [0.3, 0.4) is 0 Å². The van der Waals surface area contributed by atoms with Gasteiger partial charge in [0.25, 0.3) is 0 Å². The Kier molecular flexibility index (Phi) is 4.95. The van der Waals surface area contributed by atoms with Gasteiger partial charge < -0.3 is 23.2 Å². The molecular formula is C22H19NO6. The summed E-state index contributed by atoms with van der Waals surface area (Å²) in [6.07, 6.45) is 4.35. The molecule has 0 spiro atoms. The van der Waals surface area contributed by atoms with E-state index in [1.807, 2.05) is 30.1 Å². The first-order valence-electron chi connectivity index (χ1n) is 9.07. The number of benzene rings is 1. The van der Waals surface area contributed by atoms with Crippen molar-refractivity contribution in [3.05, 3.63) is 88.2 Å². The monoisotopic (exact) mass is 393 g/mol. The van der Waals surface area contributed by atoms with Crippen LogP contribution in [-0.4, -0.2) is 20.1 Å². The molecule has 2 aromatic heterocycles. The molecule has 7 heteroatoms. The van der Waals surface area contributed by atoms with Crippen LogP contribution in [0.1, 0.15) is 23.4 Å². The molecule has 0 saturated heterocycles. The molecule has 3 aromatic rings. The first-order chi connectivity index (χ1) is 14.1. The lowest BCUT2D eigenvalue weighted by Crippen LogP contribution is -2.21. The molecule has 2 heterocycles. The molecule has 0 amide bonds. The largest absolute Gasteiger partial charge is 0.497 e. The highest BCUT2D eigenvalue weighted by Gasteiger charge is 2.23. The van der Waals surface area contributed by atoms with Gasteiger partial charge in [0.1, 0.15) is 11.3 Å². The predicted octanol–water partition coefficient (Wildman–Crippen LogP) is 4.21. The molecule has 1 aromatic carbocycles. The van der Waals surface area contributed by atoms with Crippen molar-refractivity contribution in [2.75, 3.05) is 19.1 Å². The molecule has 4 rings (SSSR count). The van der Waals surface area contributed by atoms with Crippen molar-refractivity contribution in [2.45, 2.75) is 12.8 Å². The number of furan rings is 1. The zero-order valence-electron chi connectivity index (χ0n) is 16.0. The molecule has 0 unspecified atom stereocenters. The van der Waals surface area contributed by atoms with Crippen LogP contribution in [0.4, 0.5) is 5.69 Å². The summed E-state index contributed by atoms with van der Waals surface area (Å²) in [5, 5.41) is 0.811. The van der Waals surface area contributed by atoms with E-state index in [2.05, 4.69) is 0 Å². The van der Waals surface area contributed by atoms with Crippen molar-refractivity contribution in [2.24, 2.45) is 0 Å². The molecule has 0 fully saturated rings. The first kappa shape index (κ1) is 18.6. The van der Waals surface area contributed by atoms with E-state index in [1.54, 1.807) is 18.2 Å². The van der Waals surface area contributed by atoms with Gasteiger partial charge in [-0.15, -0.1) is 0 Å². The number of allylic oxidation sites excluding steroid dienone is 3. The van der Waals surface area contributed by atoms with Crippen molar-refractivity contribution < 1.29 is 23.1 Å². The zero-order valence-corrected chi connectivity index (χ0v) is 16.0. The fourth-order valence-electron chi connectivity index (χ4n) is 3.29. The number of hydrogen-bond acceptors (Lipinski definition) is 7. The van der Waals surface area contributed by atoms with Gasteiger partial charge in [-0.2, -0.15) is 0 Å². The summed E-state index contributed by atoms with van der Waals surface area (Å²) in [5.41, 5.74) is 1.65. The fraction of sp³-hybridized carbons (Fsp3) is 0.182. The minimum atomic E-state index is -0.606. The van der Waals surface area contributed by atoms with E-state index in [-0.39, 0.29) is 5.76 Å².